The van der Waals surface area contributed by atoms with Crippen LogP contribution in [0.3, 0.4) is 0 Å². The smallest absolute Gasteiger partial charge is 0.0480 e. The molecule has 0 aromatic rings. The van der Waals surface area contributed by atoms with Crippen LogP contribution < -0.4 is 5.32 Å². The fourth-order valence-electron chi connectivity index (χ4n) is 2.50. The molecule has 2 nitrogen and oxygen atoms in total. The van der Waals surface area contributed by atoms with Crippen LogP contribution in [0.1, 0.15) is 54.4 Å². The summed E-state index contributed by atoms with van der Waals surface area (Å²) in [6.45, 7) is 18.7. The quantitative estimate of drug-likeness (QED) is 0.814. The fraction of sp³-hybridized carbons (Fsp3) is 1.00. The SMILES string of the molecule is CC(C)(C)CNCN1CCCC(C(C)(C)C)C1. The minimum Gasteiger partial charge on any atom is -0.304 e. The lowest BCUT2D eigenvalue weighted by Crippen LogP contribution is -2.45. The normalized spacial score (nSPS) is 24.0. The van der Waals surface area contributed by atoms with Gasteiger partial charge in [0.1, 0.15) is 0 Å². The van der Waals surface area contributed by atoms with Crippen molar-refractivity contribution >= 4 is 0 Å². The molecule has 1 aliphatic heterocycles. The highest BCUT2D eigenvalue weighted by molar-refractivity contribution is 4.81. The molecule has 1 N–H and O–H groups in total. The van der Waals surface area contributed by atoms with Crippen molar-refractivity contribution in [2.75, 3.05) is 26.3 Å². The largest absolute Gasteiger partial charge is 0.304 e. The first kappa shape index (κ1) is 15.0. The van der Waals surface area contributed by atoms with E-state index in [9.17, 15) is 0 Å². The molecule has 0 aromatic heterocycles. The van der Waals surface area contributed by atoms with Crippen LogP contribution in [0.4, 0.5) is 0 Å². The van der Waals surface area contributed by atoms with Crippen molar-refractivity contribution in [1.82, 2.24) is 10.2 Å². The molecule has 0 spiro atoms. The summed E-state index contributed by atoms with van der Waals surface area (Å²) in [6.07, 6.45) is 2.76. The van der Waals surface area contributed by atoms with Gasteiger partial charge in [0.05, 0.1) is 0 Å². The van der Waals surface area contributed by atoms with E-state index in [-0.39, 0.29) is 0 Å². The van der Waals surface area contributed by atoms with Gasteiger partial charge < -0.3 is 5.32 Å². The van der Waals surface area contributed by atoms with Crippen molar-refractivity contribution in [3.8, 4) is 0 Å². The Morgan fingerprint density at radius 3 is 2.29 bits per heavy atom. The number of hydrogen-bond donors (Lipinski definition) is 1. The molecule has 1 aliphatic rings. The predicted octanol–water partition coefficient (Wildman–Crippen LogP) is 3.34. The zero-order chi connectivity index (χ0) is 13.1. The topological polar surface area (TPSA) is 15.3 Å². The number of likely N-dealkylation sites (tertiary alicyclic amines) is 1. The van der Waals surface area contributed by atoms with Crippen LogP contribution in [-0.4, -0.2) is 31.2 Å². The Bertz CT molecular complexity index is 222. The van der Waals surface area contributed by atoms with Crippen LogP contribution in [0.2, 0.25) is 0 Å². The molecule has 0 saturated carbocycles. The summed E-state index contributed by atoms with van der Waals surface area (Å²) in [4.78, 5) is 2.59. The van der Waals surface area contributed by atoms with Gasteiger partial charge in [0, 0.05) is 19.8 Å². The van der Waals surface area contributed by atoms with Gasteiger partial charge in [0.25, 0.3) is 0 Å². The van der Waals surface area contributed by atoms with E-state index in [2.05, 4.69) is 51.8 Å². The lowest BCUT2D eigenvalue weighted by atomic mass is 9.76. The van der Waals surface area contributed by atoms with Gasteiger partial charge >= 0.3 is 0 Å². The maximum Gasteiger partial charge on any atom is 0.0480 e. The van der Waals surface area contributed by atoms with Crippen LogP contribution in [-0.2, 0) is 0 Å². The standard InChI is InChI=1S/C15H32N2/c1-14(2,3)11-16-12-17-9-7-8-13(10-17)15(4,5)6/h13,16H,7-12H2,1-6H3. The summed E-state index contributed by atoms with van der Waals surface area (Å²) in [6, 6.07) is 0. The molecule has 1 rings (SSSR count). The summed E-state index contributed by atoms with van der Waals surface area (Å²) in [5.41, 5.74) is 0.849. The van der Waals surface area contributed by atoms with Crippen molar-refractivity contribution in [3.63, 3.8) is 0 Å². The van der Waals surface area contributed by atoms with E-state index in [1.165, 1.54) is 25.9 Å². The van der Waals surface area contributed by atoms with Gasteiger partial charge in [-0.15, -0.1) is 0 Å². The molecule has 0 bridgehead atoms. The maximum atomic E-state index is 3.59. The van der Waals surface area contributed by atoms with Crippen molar-refractivity contribution in [2.45, 2.75) is 54.4 Å². The molecular weight excluding hydrogens is 208 g/mol. The molecule has 1 atom stereocenters. The Morgan fingerprint density at radius 1 is 1.12 bits per heavy atom. The Kier molecular flexibility index (Phi) is 5.03. The van der Waals surface area contributed by atoms with Gasteiger partial charge in [-0.1, -0.05) is 41.5 Å². The minimum atomic E-state index is 0.388. The Hall–Kier alpha value is -0.0800. The van der Waals surface area contributed by atoms with E-state index >= 15 is 0 Å². The van der Waals surface area contributed by atoms with Crippen LogP contribution >= 0.6 is 0 Å². The predicted molar refractivity (Wildman–Crippen MR) is 76.1 cm³/mol. The summed E-state index contributed by atoms with van der Waals surface area (Å²) in [5, 5.41) is 3.59. The van der Waals surface area contributed by atoms with E-state index in [0.29, 0.717) is 10.8 Å². The van der Waals surface area contributed by atoms with Gasteiger partial charge in [-0.3, -0.25) is 4.90 Å². The lowest BCUT2D eigenvalue weighted by molar-refractivity contribution is 0.0910. The van der Waals surface area contributed by atoms with Crippen molar-refractivity contribution in [3.05, 3.63) is 0 Å². The third-order valence-corrected chi connectivity index (χ3v) is 3.72. The van der Waals surface area contributed by atoms with Crippen LogP contribution in [0.15, 0.2) is 0 Å². The number of rotatable bonds is 3. The highest BCUT2D eigenvalue weighted by Crippen LogP contribution is 2.32. The monoisotopic (exact) mass is 240 g/mol. The molecule has 102 valence electrons. The molecule has 0 aromatic carbocycles. The van der Waals surface area contributed by atoms with Gasteiger partial charge in [0.15, 0.2) is 0 Å². The van der Waals surface area contributed by atoms with Gasteiger partial charge in [-0.05, 0) is 36.1 Å². The van der Waals surface area contributed by atoms with E-state index in [1.807, 2.05) is 0 Å². The minimum absolute atomic E-state index is 0.388. The third kappa shape index (κ3) is 5.87. The number of hydrogen-bond acceptors (Lipinski definition) is 2. The lowest BCUT2D eigenvalue weighted by Gasteiger charge is -2.40. The van der Waals surface area contributed by atoms with E-state index in [4.69, 9.17) is 0 Å². The first-order valence-electron chi connectivity index (χ1n) is 7.11. The van der Waals surface area contributed by atoms with Gasteiger partial charge in [0.2, 0.25) is 0 Å². The maximum absolute atomic E-state index is 3.59. The second-order valence-corrected chi connectivity index (χ2v) is 7.93. The zero-order valence-electron chi connectivity index (χ0n) is 12.8. The van der Waals surface area contributed by atoms with Crippen molar-refractivity contribution < 1.29 is 0 Å². The van der Waals surface area contributed by atoms with Gasteiger partial charge in [-0.2, -0.15) is 0 Å². The molecule has 0 amide bonds. The van der Waals surface area contributed by atoms with Crippen LogP contribution in [0, 0.1) is 16.7 Å². The number of nitrogens with zero attached hydrogens (tertiary/aromatic N) is 1. The summed E-state index contributed by atoms with van der Waals surface area (Å²) in [5.74, 6) is 0.854. The van der Waals surface area contributed by atoms with Crippen LogP contribution in [0.25, 0.3) is 0 Å². The molecular formula is C15H32N2. The number of nitrogens with one attached hydrogen (secondary N) is 1. The van der Waals surface area contributed by atoms with Gasteiger partial charge in [-0.25, -0.2) is 0 Å². The van der Waals surface area contributed by atoms with E-state index in [1.54, 1.807) is 0 Å². The van der Waals surface area contributed by atoms with Crippen molar-refractivity contribution in [2.24, 2.45) is 16.7 Å². The molecule has 1 fully saturated rings. The summed E-state index contributed by atoms with van der Waals surface area (Å²) < 4.78 is 0. The highest BCUT2D eigenvalue weighted by atomic mass is 15.2. The molecule has 1 heterocycles. The zero-order valence-corrected chi connectivity index (χ0v) is 12.8. The Labute approximate surface area is 108 Å². The van der Waals surface area contributed by atoms with E-state index in [0.717, 1.165) is 19.1 Å². The molecule has 1 saturated heterocycles. The summed E-state index contributed by atoms with van der Waals surface area (Å²) >= 11 is 0. The van der Waals surface area contributed by atoms with E-state index < -0.39 is 0 Å². The molecule has 0 aliphatic carbocycles. The average molecular weight is 240 g/mol. The molecule has 1 unspecified atom stereocenters. The molecule has 2 heteroatoms. The molecule has 0 radical (unpaired) electrons. The Balaban J connectivity index is 2.30. The first-order chi connectivity index (χ1) is 7.68. The Morgan fingerprint density at radius 2 is 1.76 bits per heavy atom. The molecule has 17 heavy (non-hydrogen) atoms. The number of piperidine rings is 1. The highest BCUT2D eigenvalue weighted by Gasteiger charge is 2.29. The van der Waals surface area contributed by atoms with Crippen molar-refractivity contribution in [1.29, 1.82) is 0 Å². The van der Waals surface area contributed by atoms with Crippen LogP contribution in [0.5, 0.6) is 0 Å². The third-order valence-electron chi connectivity index (χ3n) is 3.72. The first-order valence-corrected chi connectivity index (χ1v) is 7.11. The second-order valence-electron chi connectivity index (χ2n) is 7.93. The summed E-state index contributed by atoms with van der Waals surface area (Å²) in [7, 11) is 0. The second kappa shape index (κ2) is 5.71. The fourth-order valence-corrected chi connectivity index (χ4v) is 2.50. The average Bonchev–Trinajstić information content (AvgIpc) is 2.15.